The number of nitrogens with two attached hydrogens (primary N) is 1. The quantitative estimate of drug-likeness (QED) is 0.919. The molecule has 2 atom stereocenters. The predicted octanol–water partition coefficient (Wildman–Crippen LogP) is 2.77. The van der Waals surface area contributed by atoms with Crippen LogP contribution in [0.15, 0.2) is 24.3 Å². The summed E-state index contributed by atoms with van der Waals surface area (Å²) in [6, 6.07) is 9.65. The molecule has 1 aromatic carbocycles. The van der Waals surface area contributed by atoms with Crippen molar-refractivity contribution in [3.05, 3.63) is 29.8 Å². The Bertz CT molecular complexity index is 446. The molecule has 0 saturated carbocycles. The van der Waals surface area contributed by atoms with Gasteiger partial charge in [0.15, 0.2) is 0 Å². The fourth-order valence-electron chi connectivity index (χ4n) is 3.73. The Morgan fingerprint density at radius 3 is 2.85 bits per heavy atom. The molecule has 2 fully saturated rings. The first-order valence-corrected chi connectivity index (χ1v) is 8.13. The predicted molar refractivity (Wildman–Crippen MR) is 85.1 cm³/mol. The van der Waals surface area contributed by atoms with Crippen molar-refractivity contribution in [1.82, 2.24) is 4.90 Å². The van der Waals surface area contributed by atoms with Crippen LogP contribution in [-0.2, 0) is 0 Å². The highest BCUT2D eigenvalue weighted by molar-refractivity contribution is 5.55. The van der Waals surface area contributed by atoms with Crippen LogP contribution in [0.4, 0.5) is 5.69 Å². The van der Waals surface area contributed by atoms with Crippen LogP contribution in [0.5, 0.6) is 0 Å². The second-order valence-electron chi connectivity index (χ2n) is 6.21. The van der Waals surface area contributed by atoms with Crippen molar-refractivity contribution in [2.75, 3.05) is 31.1 Å². The SMILES string of the molecule is CC[C@H](N)c1ccccc1N1CCCN2CCCC2C1. The molecule has 0 bridgehead atoms. The van der Waals surface area contributed by atoms with Crippen LogP contribution in [0.1, 0.15) is 44.2 Å². The minimum absolute atomic E-state index is 0.161. The van der Waals surface area contributed by atoms with Gasteiger partial charge >= 0.3 is 0 Å². The van der Waals surface area contributed by atoms with E-state index in [0.717, 1.165) is 12.5 Å². The van der Waals surface area contributed by atoms with Gasteiger partial charge in [0.05, 0.1) is 0 Å². The van der Waals surface area contributed by atoms with Crippen molar-refractivity contribution in [3.8, 4) is 0 Å². The molecule has 2 saturated heterocycles. The molecule has 3 nitrogen and oxygen atoms in total. The standard InChI is InChI=1S/C17H27N3/c1-2-16(18)15-8-3-4-9-17(15)20-12-6-11-19-10-5-7-14(19)13-20/h3-4,8-9,14,16H,2,5-7,10-13,18H2,1H3/t14?,16-/m0/s1. The third kappa shape index (κ3) is 2.70. The summed E-state index contributed by atoms with van der Waals surface area (Å²) in [6.07, 6.45) is 5.00. The number of nitrogens with zero attached hydrogens (tertiary/aromatic N) is 2. The van der Waals surface area contributed by atoms with Crippen LogP contribution in [-0.4, -0.2) is 37.1 Å². The Hall–Kier alpha value is -1.06. The summed E-state index contributed by atoms with van der Waals surface area (Å²) in [4.78, 5) is 5.27. The third-order valence-electron chi connectivity index (χ3n) is 4.92. The number of fused-ring (bicyclic) bond motifs is 1. The normalized spacial score (nSPS) is 25.3. The average Bonchev–Trinajstić information content (AvgIpc) is 2.83. The Morgan fingerprint density at radius 2 is 2.00 bits per heavy atom. The van der Waals surface area contributed by atoms with Crippen LogP contribution >= 0.6 is 0 Å². The van der Waals surface area contributed by atoms with E-state index in [4.69, 9.17) is 5.73 Å². The van der Waals surface area contributed by atoms with Crippen LogP contribution in [0, 0.1) is 0 Å². The van der Waals surface area contributed by atoms with Gasteiger partial charge in [0.1, 0.15) is 0 Å². The fourth-order valence-corrected chi connectivity index (χ4v) is 3.73. The minimum Gasteiger partial charge on any atom is -0.370 e. The van der Waals surface area contributed by atoms with E-state index in [9.17, 15) is 0 Å². The maximum absolute atomic E-state index is 6.31. The van der Waals surface area contributed by atoms with Crippen molar-refractivity contribution in [2.45, 2.75) is 44.7 Å². The molecule has 2 aliphatic rings. The first-order chi connectivity index (χ1) is 9.79. The second kappa shape index (κ2) is 6.15. The van der Waals surface area contributed by atoms with E-state index in [-0.39, 0.29) is 6.04 Å². The smallest absolute Gasteiger partial charge is 0.0415 e. The Kier molecular flexibility index (Phi) is 4.27. The van der Waals surface area contributed by atoms with Crippen molar-refractivity contribution in [2.24, 2.45) is 5.73 Å². The number of para-hydroxylation sites is 1. The zero-order valence-electron chi connectivity index (χ0n) is 12.6. The number of hydrogen-bond acceptors (Lipinski definition) is 3. The Balaban J connectivity index is 1.84. The van der Waals surface area contributed by atoms with E-state index >= 15 is 0 Å². The van der Waals surface area contributed by atoms with Gasteiger partial charge in [-0.05, 0) is 43.9 Å². The molecule has 0 radical (unpaired) electrons. The summed E-state index contributed by atoms with van der Waals surface area (Å²) in [5.74, 6) is 0. The van der Waals surface area contributed by atoms with Crippen LogP contribution < -0.4 is 10.6 Å². The largest absolute Gasteiger partial charge is 0.370 e. The lowest BCUT2D eigenvalue weighted by atomic mass is 10.0. The third-order valence-corrected chi connectivity index (χ3v) is 4.92. The van der Waals surface area contributed by atoms with Gasteiger partial charge in [0.25, 0.3) is 0 Å². The van der Waals surface area contributed by atoms with E-state index in [1.807, 2.05) is 0 Å². The van der Waals surface area contributed by atoms with E-state index < -0.39 is 0 Å². The van der Waals surface area contributed by atoms with Crippen LogP contribution in [0.2, 0.25) is 0 Å². The molecule has 0 amide bonds. The maximum Gasteiger partial charge on any atom is 0.0415 e. The zero-order valence-corrected chi connectivity index (χ0v) is 12.6. The lowest BCUT2D eigenvalue weighted by Gasteiger charge is -2.30. The van der Waals surface area contributed by atoms with Crippen LogP contribution in [0.3, 0.4) is 0 Å². The highest BCUT2D eigenvalue weighted by Gasteiger charge is 2.29. The molecule has 2 N–H and O–H groups in total. The Morgan fingerprint density at radius 1 is 1.20 bits per heavy atom. The molecule has 20 heavy (non-hydrogen) atoms. The summed E-state index contributed by atoms with van der Waals surface area (Å²) in [7, 11) is 0. The summed E-state index contributed by atoms with van der Waals surface area (Å²) >= 11 is 0. The molecule has 1 unspecified atom stereocenters. The zero-order chi connectivity index (χ0) is 13.9. The highest BCUT2D eigenvalue weighted by Crippen LogP contribution is 2.30. The monoisotopic (exact) mass is 273 g/mol. The van der Waals surface area contributed by atoms with Gasteiger partial charge in [-0.2, -0.15) is 0 Å². The molecule has 3 rings (SSSR count). The number of hydrogen-bond donors (Lipinski definition) is 1. The topological polar surface area (TPSA) is 32.5 Å². The van der Waals surface area contributed by atoms with Crippen molar-refractivity contribution in [3.63, 3.8) is 0 Å². The Labute approximate surface area is 122 Å². The maximum atomic E-state index is 6.31. The van der Waals surface area contributed by atoms with Crippen molar-refractivity contribution < 1.29 is 0 Å². The van der Waals surface area contributed by atoms with Gasteiger partial charge in [-0.25, -0.2) is 0 Å². The molecule has 110 valence electrons. The summed E-state index contributed by atoms with van der Waals surface area (Å²) in [5.41, 5.74) is 9.00. The molecular weight excluding hydrogens is 246 g/mol. The highest BCUT2D eigenvalue weighted by atomic mass is 15.3. The molecule has 3 heteroatoms. The molecule has 2 aliphatic heterocycles. The number of anilines is 1. The summed E-state index contributed by atoms with van der Waals surface area (Å²) < 4.78 is 0. The molecule has 1 aromatic rings. The first kappa shape index (κ1) is 13.9. The van der Waals surface area contributed by atoms with E-state index in [0.29, 0.717) is 0 Å². The average molecular weight is 273 g/mol. The van der Waals surface area contributed by atoms with Crippen LogP contribution in [0.25, 0.3) is 0 Å². The number of benzene rings is 1. The van der Waals surface area contributed by atoms with Gasteiger partial charge < -0.3 is 10.6 Å². The minimum atomic E-state index is 0.161. The van der Waals surface area contributed by atoms with Crippen molar-refractivity contribution >= 4 is 5.69 Å². The molecule has 0 aromatic heterocycles. The first-order valence-electron chi connectivity index (χ1n) is 8.13. The second-order valence-corrected chi connectivity index (χ2v) is 6.21. The van der Waals surface area contributed by atoms with Crippen molar-refractivity contribution in [1.29, 1.82) is 0 Å². The van der Waals surface area contributed by atoms with Gasteiger partial charge in [-0.1, -0.05) is 25.1 Å². The lowest BCUT2D eigenvalue weighted by molar-refractivity contribution is 0.273. The molecular formula is C17H27N3. The van der Waals surface area contributed by atoms with Gasteiger partial charge in [0.2, 0.25) is 0 Å². The fraction of sp³-hybridized carbons (Fsp3) is 0.647. The van der Waals surface area contributed by atoms with Gasteiger partial charge in [-0.3, -0.25) is 4.90 Å². The van der Waals surface area contributed by atoms with Gasteiger partial charge in [0, 0.05) is 37.4 Å². The van der Waals surface area contributed by atoms with Gasteiger partial charge in [-0.15, -0.1) is 0 Å². The summed E-state index contributed by atoms with van der Waals surface area (Å²) in [5, 5.41) is 0. The van der Waals surface area contributed by atoms with E-state index in [1.54, 1.807) is 0 Å². The molecule has 0 aliphatic carbocycles. The molecule has 2 heterocycles. The van der Waals surface area contributed by atoms with E-state index in [1.165, 1.54) is 56.7 Å². The lowest BCUT2D eigenvalue weighted by Crippen LogP contribution is -2.37. The molecule has 0 spiro atoms. The number of rotatable bonds is 3. The summed E-state index contributed by atoms with van der Waals surface area (Å²) in [6.45, 7) is 7.08. The van der Waals surface area contributed by atoms with E-state index in [2.05, 4.69) is 41.0 Å².